The molecule has 0 aliphatic carbocycles. The molecule has 0 aliphatic heterocycles. The predicted molar refractivity (Wildman–Crippen MR) is 124 cm³/mol. The fraction of sp³-hybridized carbons (Fsp3) is 0.125. The fourth-order valence-electron chi connectivity index (χ4n) is 3.44. The van der Waals surface area contributed by atoms with Crippen LogP contribution in [-0.2, 0) is 9.53 Å². The van der Waals surface area contributed by atoms with Gasteiger partial charge in [0.05, 0.1) is 36.4 Å². The number of aromatic nitrogens is 3. The minimum absolute atomic E-state index is 0.00911. The first kappa shape index (κ1) is 21.7. The number of nitrogen functional groups attached to an aromatic ring is 1. The summed E-state index contributed by atoms with van der Waals surface area (Å²) in [5.74, 6) is -0.0352. The summed E-state index contributed by atoms with van der Waals surface area (Å²) in [5, 5.41) is 10.3. The number of imidazole rings is 1. The summed E-state index contributed by atoms with van der Waals surface area (Å²) < 4.78 is 6.55. The highest BCUT2D eigenvalue weighted by molar-refractivity contribution is 5.98. The Labute approximate surface area is 189 Å². The number of amidine groups is 1. The number of ether oxygens (including phenoxy) is 1. The van der Waals surface area contributed by atoms with E-state index in [-0.39, 0.29) is 30.7 Å². The van der Waals surface area contributed by atoms with Gasteiger partial charge in [0.15, 0.2) is 0 Å². The Kier molecular flexibility index (Phi) is 6.12. The normalized spacial score (nSPS) is 10.7. The lowest BCUT2D eigenvalue weighted by molar-refractivity contribution is -0.140. The Hall–Kier alpha value is -4.53. The number of pyridine rings is 1. The number of amides is 1. The zero-order valence-electron chi connectivity index (χ0n) is 17.9. The standard InChI is InChI=1S/C24H22N6O3/c1-33-21(31)10-12-28-24(32)17-8-9-20-19(13-17)29-23(30(20)18-3-2-11-27-14-18)16-6-4-15(5-7-16)22(25)26/h2-9,11,13-14H,10,12H2,1H3,(H3,25,26)(H,28,32). The van der Waals surface area contributed by atoms with E-state index in [1.54, 1.807) is 36.7 Å². The van der Waals surface area contributed by atoms with Crippen LogP contribution < -0.4 is 11.1 Å². The van der Waals surface area contributed by atoms with Crippen molar-refractivity contribution in [2.45, 2.75) is 6.42 Å². The summed E-state index contributed by atoms with van der Waals surface area (Å²) in [4.78, 5) is 32.8. The van der Waals surface area contributed by atoms with Crippen LogP contribution in [-0.4, -0.2) is 45.9 Å². The van der Waals surface area contributed by atoms with Gasteiger partial charge < -0.3 is 15.8 Å². The lowest BCUT2D eigenvalue weighted by Gasteiger charge is -2.10. The first-order valence-corrected chi connectivity index (χ1v) is 10.2. The van der Waals surface area contributed by atoms with Gasteiger partial charge in [0.2, 0.25) is 0 Å². The van der Waals surface area contributed by atoms with Crippen LogP contribution in [0.15, 0.2) is 67.0 Å². The highest BCUT2D eigenvalue weighted by Crippen LogP contribution is 2.29. The molecule has 0 saturated carbocycles. The average Bonchev–Trinajstić information content (AvgIpc) is 3.23. The van der Waals surface area contributed by atoms with Gasteiger partial charge in [-0.15, -0.1) is 0 Å². The van der Waals surface area contributed by atoms with Crippen LogP contribution >= 0.6 is 0 Å². The molecule has 33 heavy (non-hydrogen) atoms. The second-order valence-corrected chi connectivity index (χ2v) is 7.26. The number of esters is 1. The van der Waals surface area contributed by atoms with Crippen molar-refractivity contribution in [3.63, 3.8) is 0 Å². The molecule has 9 heteroatoms. The molecule has 0 bridgehead atoms. The Balaban J connectivity index is 1.74. The number of hydrogen-bond donors (Lipinski definition) is 3. The van der Waals surface area contributed by atoms with Crippen molar-refractivity contribution in [1.82, 2.24) is 19.9 Å². The summed E-state index contributed by atoms with van der Waals surface area (Å²) in [5.41, 5.74) is 9.71. The van der Waals surface area contributed by atoms with Crippen molar-refractivity contribution in [3.8, 4) is 17.1 Å². The molecule has 2 aromatic carbocycles. The first-order valence-electron chi connectivity index (χ1n) is 10.2. The van der Waals surface area contributed by atoms with E-state index in [1.807, 2.05) is 34.9 Å². The van der Waals surface area contributed by atoms with Crippen molar-refractivity contribution < 1.29 is 14.3 Å². The number of rotatable bonds is 7. The molecule has 0 saturated heterocycles. The van der Waals surface area contributed by atoms with Gasteiger partial charge in [-0.1, -0.05) is 24.3 Å². The molecular formula is C24H22N6O3. The molecule has 166 valence electrons. The molecule has 2 aromatic heterocycles. The second-order valence-electron chi connectivity index (χ2n) is 7.26. The molecule has 0 fully saturated rings. The number of carbonyl (C=O) groups is 2. The van der Waals surface area contributed by atoms with E-state index in [4.69, 9.17) is 16.1 Å². The number of methoxy groups -OCH3 is 1. The molecule has 1 amide bonds. The predicted octanol–water partition coefficient (Wildman–Crippen LogP) is 2.66. The number of nitrogens with zero attached hydrogens (tertiary/aromatic N) is 3. The summed E-state index contributed by atoms with van der Waals surface area (Å²) >= 11 is 0. The maximum atomic E-state index is 12.6. The first-order chi connectivity index (χ1) is 16.0. The van der Waals surface area contributed by atoms with Crippen LogP contribution in [0.3, 0.4) is 0 Å². The third-order valence-electron chi connectivity index (χ3n) is 5.12. The van der Waals surface area contributed by atoms with Crippen molar-refractivity contribution >= 4 is 28.7 Å². The zero-order chi connectivity index (χ0) is 23.4. The summed E-state index contributed by atoms with van der Waals surface area (Å²) in [7, 11) is 1.31. The summed E-state index contributed by atoms with van der Waals surface area (Å²) in [6.07, 6.45) is 3.53. The highest BCUT2D eigenvalue weighted by atomic mass is 16.5. The van der Waals surface area contributed by atoms with E-state index < -0.39 is 0 Å². The minimum atomic E-state index is -0.388. The van der Waals surface area contributed by atoms with Gasteiger partial charge in [-0.2, -0.15) is 0 Å². The Morgan fingerprint density at radius 2 is 1.88 bits per heavy atom. The third-order valence-corrected chi connectivity index (χ3v) is 5.12. The molecule has 0 unspecified atom stereocenters. The fourth-order valence-corrected chi connectivity index (χ4v) is 3.44. The number of fused-ring (bicyclic) bond motifs is 1. The van der Waals surface area contributed by atoms with E-state index in [2.05, 4.69) is 15.0 Å². The quantitative estimate of drug-likeness (QED) is 0.229. The molecule has 4 rings (SSSR count). The number of benzene rings is 2. The largest absolute Gasteiger partial charge is 0.469 e. The van der Waals surface area contributed by atoms with Gasteiger partial charge in [-0.3, -0.25) is 24.5 Å². The van der Waals surface area contributed by atoms with Gasteiger partial charge in [-0.25, -0.2) is 4.98 Å². The van der Waals surface area contributed by atoms with Crippen molar-refractivity contribution in [1.29, 1.82) is 5.41 Å². The molecule has 0 spiro atoms. The average molecular weight is 442 g/mol. The number of carbonyl (C=O) groups excluding carboxylic acids is 2. The molecule has 0 radical (unpaired) electrons. The summed E-state index contributed by atoms with van der Waals surface area (Å²) in [6.45, 7) is 0.182. The third kappa shape index (κ3) is 4.57. The monoisotopic (exact) mass is 442 g/mol. The van der Waals surface area contributed by atoms with Crippen molar-refractivity contribution in [2.75, 3.05) is 13.7 Å². The Bertz CT molecular complexity index is 1330. The minimum Gasteiger partial charge on any atom is -0.469 e. The van der Waals surface area contributed by atoms with Crippen LogP contribution in [0, 0.1) is 5.41 Å². The van der Waals surface area contributed by atoms with Gasteiger partial charge in [0.25, 0.3) is 5.91 Å². The zero-order valence-corrected chi connectivity index (χ0v) is 17.9. The smallest absolute Gasteiger partial charge is 0.307 e. The van der Waals surface area contributed by atoms with Crippen LogP contribution in [0.2, 0.25) is 0 Å². The molecule has 4 aromatic rings. The van der Waals surface area contributed by atoms with Crippen molar-refractivity contribution in [3.05, 3.63) is 78.1 Å². The van der Waals surface area contributed by atoms with Crippen LogP contribution in [0.5, 0.6) is 0 Å². The van der Waals surface area contributed by atoms with E-state index in [1.165, 1.54) is 7.11 Å². The molecule has 0 atom stereocenters. The maximum Gasteiger partial charge on any atom is 0.307 e. The molecule has 2 heterocycles. The van der Waals surface area contributed by atoms with Crippen LogP contribution in [0.1, 0.15) is 22.3 Å². The second kappa shape index (κ2) is 9.31. The van der Waals surface area contributed by atoms with Gasteiger partial charge in [0.1, 0.15) is 11.7 Å². The lowest BCUT2D eigenvalue weighted by Crippen LogP contribution is -2.26. The van der Waals surface area contributed by atoms with Gasteiger partial charge >= 0.3 is 5.97 Å². The topological polar surface area (TPSA) is 136 Å². The number of hydrogen-bond acceptors (Lipinski definition) is 6. The molecular weight excluding hydrogens is 420 g/mol. The molecule has 4 N–H and O–H groups in total. The van der Waals surface area contributed by atoms with Gasteiger partial charge in [-0.05, 0) is 30.3 Å². The molecule has 9 nitrogen and oxygen atoms in total. The van der Waals surface area contributed by atoms with E-state index in [9.17, 15) is 9.59 Å². The maximum absolute atomic E-state index is 12.6. The van der Waals surface area contributed by atoms with E-state index >= 15 is 0 Å². The van der Waals surface area contributed by atoms with Crippen LogP contribution in [0.25, 0.3) is 28.1 Å². The van der Waals surface area contributed by atoms with E-state index in [0.29, 0.717) is 22.5 Å². The van der Waals surface area contributed by atoms with Gasteiger partial charge in [0, 0.05) is 29.4 Å². The number of nitrogens with two attached hydrogens (primary N) is 1. The van der Waals surface area contributed by atoms with Crippen molar-refractivity contribution in [2.24, 2.45) is 5.73 Å². The SMILES string of the molecule is COC(=O)CCNC(=O)c1ccc2c(c1)nc(-c1ccc(C(=N)N)cc1)n2-c1cccnc1. The lowest BCUT2D eigenvalue weighted by atomic mass is 10.1. The Morgan fingerprint density at radius 3 is 2.55 bits per heavy atom. The number of nitrogens with one attached hydrogen (secondary N) is 2. The Morgan fingerprint density at radius 1 is 1.12 bits per heavy atom. The summed E-state index contributed by atoms with van der Waals surface area (Å²) in [6, 6.07) is 16.3. The van der Waals surface area contributed by atoms with E-state index in [0.717, 1.165) is 16.8 Å². The highest BCUT2D eigenvalue weighted by Gasteiger charge is 2.17. The molecule has 0 aliphatic rings. The van der Waals surface area contributed by atoms with Crippen LogP contribution in [0.4, 0.5) is 0 Å².